The van der Waals surface area contributed by atoms with Crippen LogP contribution in [0.1, 0.15) is 71.6 Å². The third kappa shape index (κ3) is 3.35. The summed E-state index contributed by atoms with van der Waals surface area (Å²) >= 11 is 0. The molecule has 0 heterocycles. The maximum atomic E-state index is 10.2. The van der Waals surface area contributed by atoms with E-state index in [4.69, 9.17) is 4.84 Å². The van der Waals surface area contributed by atoms with E-state index in [-0.39, 0.29) is 11.5 Å². The summed E-state index contributed by atoms with van der Waals surface area (Å²) < 4.78 is 0. The molecular formula is C23H40N2O2. The molecule has 154 valence electrons. The van der Waals surface area contributed by atoms with Crippen LogP contribution in [-0.4, -0.2) is 49.1 Å². The van der Waals surface area contributed by atoms with Crippen LogP contribution in [0.4, 0.5) is 0 Å². The summed E-state index contributed by atoms with van der Waals surface area (Å²) in [6.45, 7) is 6.66. The Bertz CT molecular complexity index is 577. The van der Waals surface area contributed by atoms with Crippen LogP contribution >= 0.6 is 0 Å². The Hall–Kier alpha value is -0.610. The van der Waals surface area contributed by atoms with Crippen molar-refractivity contribution in [3.05, 3.63) is 0 Å². The van der Waals surface area contributed by atoms with Crippen molar-refractivity contribution >= 4 is 5.71 Å². The summed E-state index contributed by atoms with van der Waals surface area (Å²) in [5.41, 5.74) is 2.07. The topological polar surface area (TPSA) is 45.1 Å². The molecule has 4 aliphatic rings. The van der Waals surface area contributed by atoms with Crippen LogP contribution in [0.3, 0.4) is 0 Å². The molecule has 4 heteroatoms. The Labute approximate surface area is 165 Å². The van der Waals surface area contributed by atoms with Crippen LogP contribution in [0.5, 0.6) is 0 Å². The van der Waals surface area contributed by atoms with E-state index >= 15 is 0 Å². The third-order valence-corrected chi connectivity index (χ3v) is 9.18. The van der Waals surface area contributed by atoms with Crippen molar-refractivity contribution in [1.29, 1.82) is 0 Å². The quantitative estimate of drug-likeness (QED) is 0.587. The zero-order valence-corrected chi connectivity index (χ0v) is 17.9. The molecule has 0 aromatic heterocycles. The molecule has 4 nitrogen and oxygen atoms in total. The minimum absolute atomic E-state index is 0.0435. The molecule has 4 saturated carbocycles. The average molecular weight is 377 g/mol. The highest BCUT2D eigenvalue weighted by molar-refractivity contribution is 5.92. The van der Waals surface area contributed by atoms with E-state index in [1.165, 1.54) is 44.2 Å². The van der Waals surface area contributed by atoms with E-state index in [0.717, 1.165) is 49.5 Å². The van der Waals surface area contributed by atoms with Gasteiger partial charge in [0.2, 0.25) is 0 Å². The van der Waals surface area contributed by atoms with Crippen LogP contribution in [0.25, 0.3) is 0 Å². The van der Waals surface area contributed by atoms with Crippen molar-refractivity contribution in [3.8, 4) is 0 Å². The van der Waals surface area contributed by atoms with Gasteiger partial charge in [0, 0.05) is 12.0 Å². The largest absolute Gasteiger partial charge is 0.394 e. The smallest absolute Gasteiger partial charge is 0.129 e. The van der Waals surface area contributed by atoms with E-state index in [9.17, 15) is 5.11 Å². The summed E-state index contributed by atoms with van der Waals surface area (Å²) in [6, 6.07) is 0. The highest BCUT2D eigenvalue weighted by Crippen LogP contribution is 2.65. The van der Waals surface area contributed by atoms with Gasteiger partial charge in [0.15, 0.2) is 0 Å². The lowest BCUT2D eigenvalue weighted by atomic mass is 9.45. The van der Waals surface area contributed by atoms with Gasteiger partial charge in [-0.05, 0) is 101 Å². The van der Waals surface area contributed by atoms with Crippen LogP contribution in [0.2, 0.25) is 0 Å². The SMILES string of the molecule is CN(C)CCO/N=C1/CC[C@@H]2[C@@H]3CC[C@H]4C[C@H](O)CC[C@]4(C)[C@H]3CC[C@]12C. The predicted molar refractivity (Wildman–Crippen MR) is 110 cm³/mol. The molecule has 0 amide bonds. The van der Waals surface area contributed by atoms with E-state index < -0.39 is 0 Å². The van der Waals surface area contributed by atoms with Crippen LogP contribution in [0.15, 0.2) is 5.16 Å². The standard InChI is InChI=1S/C23H40N2O2/c1-22-11-9-17(26)15-16(22)5-6-18-19-7-8-21(24-27-14-13-25(3)4)23(19,2)12-10-20(18)22/h16-20,26H,5-15H2,1-4H3/b24-21-/t16-,17+,18-,19+,20-,22-,23-/m0/s1. The first-order chi connectivity index (χ1) is 12.8. The number of aliphatic hydroxyl groups is 1. The number of hydrogen-bond acceptors (Lipinski definition) is 4. The van der Waals surface area contributed by atoms with Gasteiger partial charge < -0.3 is 14.8 Å². The summed E-state index contributed by atoms with van der Waals surface area (Å²) in [6.07, 6.45) is 11.0. The van der Waals surface area contributed by atoms with Crippen molar-refractivity contribution < 1.29 is 9.94 Å². The first-order valence-electron chi connectivity index (χ1n) is 11.4. The number of aliphatic hydroxyl groups excluding tert-OH is 1. The molecule has 4 rings (SSSR count). The second-order valence-corrected chi connectivity index (χ2v) is 10.8. The fraction of sp³-hybridized carbons (Fsp3) is 0.957. The number of oxime groups is 1. The van der Waals surface area contributed by atoms with Crippen LogP contribution in [-0.2, 0) is 4.84 Å². The fourth-order valence-electron chi connectivity index (χ4n) is 7.52. The summed E-state index contributed by atoms with van der Waals surface area (Å²) in [5, 5.41) is 14.8. The molecule has 0 saturated heterocycles. The lowest BCUT2D eigenvalue weighted by Crippen LogP contribution is -2.54. The number of rotatable bonds is 4. The Morgan fingerprint density at radius 2 is 1.89 bits per heavy atom. The molecule has 1 N–H and O–H groups in total. The maximum Gasteiger partial charge on any atom is 0.129 e. The number of fused-ring (bicyclic) bond motifs is 5. The minimum atomic E-state index is -0.0435. The Morgan fingerprint density at radius 3 is 2.67 bits per heavy atom. The maximum absolute atomic E-state index is 10.2. The number of nitrogens with zero attached hydrogens (tertiary/aromatic N) is 2. The second kappa shape index (κ2) is 7.33. The molecule has 4 fully saturated rings. The van der Waals surface area contributed by atoms with E-state index in [1.807, 2.05) is 0 Å². The van der Waals surface area contributed by atoms with Crippen LogP contribution in [0, 0.1) is 34.5 Å². The summed E-state index contributed by atoms with van der Waals surface area (Å²) in [7, 11) is 4.15. The molecule has 0 radical (unpaired) electrons. The monoisotopic (exact) mass is 376 g/mol. The minimum Gasteiger partial charge on any atom is -0.394 e. The van der Waals surface area contributed by atoms with Gasteiger partial charge in [0.1, 0.15) is 6.61 Å². The van der Waals surface area contributed by atoms with Crippen molar-refractivity contribution in [1.82, 2.24) is 4.90 Å². The van der Waals surface area contributed by atoms with Gasteiger partial charge in [0.25, 0.3) is 0 Å². The highest BCUT2D eigenvalue weighted by Gasteiger charge is 2.59. The van der Waals surface area contributed by atoms with Gasteiger partial charge in [-0.15, -0.1) is 0 Å². The number of hydrogen-bond donors (Lipinski definition) is 1. The van der Waals surface area contributed by atoms with Gasteiger partial charge in [0.05, 0.1) is 11.8 Å². The molecule has 0 unspecified atom stereocenters. The van der Waals surface area contributed by atoms with Crippen molar-refractivity contribution in [2.24, 2.45) is 39.7 Å². The number of likely N-dealkylation sites (N-methyl/N-ethyl adjacent to an activating group) is 1. The van der Waals surface area contributed by atoms with E-state index in [0.29, 0.717) is 12.0 Å². The Kier molecular flexibility index (Phi) is 5.35. The molecule has 0 spiro atoms. The van der Waals surface area contributed by atoms with Crippen molar-refractivity contribution in [3.63, 3.8) is 0 Å². The highest BCUT2D eigenvalue weighted by atomic mass is 16.6. The van der Waals surface area contributed by atoms with E-state index in [1.54, 1.807) is 0 Å². The first kappa shape index (κ1) is 19.7. The van der Waals surface area contributed by atoms with Gasteiger partial charge in [-0.3, -0.25) is 0 Å². The average Bonchev–Trinajstić information content (AvgIpc) is 2.96. The Balaban J connectivity index is 1.48. The zero-order valence-electron chi connectivity index (χ0n) is 17.9. The summed E-state index contributed by atoms with van der Waals surface area (Å²) in [5.74, 6) is 3.25. The van der Waals surface area contributed by atoms with Gasteiger partial charge in [-0.2, -0.15) is 0 Å². The molecule has 27 heavy (non-hydrogen) atoms. The predicted octanol–water partition coefficient (Wildman–Crippen LogP) is 4.32. The zero-order chi connectivity index (χ0) is 19.2. The lowest BCUT2D eigenvalue weighted by Gasteiger charge is -2.60. The van der Waals surface area contributed by atoms with Crippen molar-refractivity contribution in [2.45, 2.75) is 77.7 Å². The van der Waals surface area contributed by atoms with Crippen molar-refractivity contribution in [2.75, 3.05) is 27.2 Å². The molecule has 0 aromatic rings. The third-order valence-electron chi connectivity index (χ3n) is 9.18. The summed E-state index contributed by atoms with van der Waals surface area (Å²) in [4.78, 5) is 7.86. The molecule has 0 aromatic carbocycles. The lowest BCUT2D eigenvalue weighted by molar-refractivity contribution is -0.114. The molecule has 4 aliphatic carbocycles. The molecule has 0 aliphatic heterocycles. The second-order valence-electron chi connectivity index (χ2n) is 10.8. The van der Waals surface area contributed by atoms with E-state index in [2.05, 4.69) is 38.0 Å². The first-order valence-corrected chi connectivity index (χ1v) is 11.4. The van der Waals surface area contributed by atoms with Gasteiger partial charge in [-0.1, -0.05) is 19.0 Å². The van der Waals surface area contributed by atoms with Crippen LogP contribution < -0.4 is 0 Å². The molecule has 7 atom stereocenters. The van der Waals surface area contributed by atoms with Gasteiger partial charge in [-0.25, -0.2) is 0 Å². The Morgan fingerprint density at radius 1 is 1.07 bits per heavy atom. The van der Waals surface area contributed by atoms with Gasteiger partial charge >= 0.3 is 0 Å². The fourth-order valence-corrected chi connectivity index (χ4v) is 7.52. The molecule has 0 bridgehead atoms. The normalized spacial score (nSPS) is 48.2. The molecular weight excluding hydrogens is 336 g/mol.